The molecule has 0 spiro atoms. The molecule has 1 unspecified atom stereocenters. The van der Waals surface area contributed by atoms with Crippen molar-refractivity contribution in [1.29, 1.82) is 0 Å². The molecule has 0 saturated heterocycles. The molecule has 2 aliphatic rings. The molecule has 1 heterocycles. The zero-order chi connectivity index (χ0) is 16.6. The van der Waals surface area contributed by atoms with Crippen molar-refractivity contribution in [2.45, 2.75) is 32.4 Å². The Balaban J connectivity index is 1.72. The molecule has 0 fully saturated rings. The largest absolute Gasteiger partial charge is 0.494 e. The summed E-state index contributed by atoms with van der Waals surface area (Å²) >= 11 is 0. The minimum absolute atomic E-state index is 0.00403. The van der Waals surface area contributed by atoms with Crippen molar-refractivity contribution in [2.24, 2.45) is 0 Å². The summed E-state index contributed by atoms with van der Waals surface area (Å²) in [5, 5.41) is 3.58. The molecular weight excluding hydrogens is 302 g/mol. The van der Waals surface area contributed by atoms with Gasteiger partial charge in [0.05, 0.1) is 12.6 Å². The van der Waals surface area contributed by atoms with E-state index in [4.69, 9.17) is 14.2 Å². The lowest BCUT2D eigenvalue weighted by Gasteiger charge is -2.25. The van der Waals surface area contributed by atoms with Crippen LogP contribution in [0.4, 0.5) is 0 Å². The molecule has 4 heteroatoms. The van der Waals surface area contributed by atoms with Crippen LogP contribution in [-0.2, 0) is 16.0 Å². The average Bonchev–Trinajstić information content (AvgIpc) is 2.64. The van der Waals surface area contributed by atoms with Gasteiger partial charge in [0.15, 0.2) is 5.76 Å². The van der Waals surface area contributed by atoms with Gasteiger partial charge in [-0.1, -0.05) is 30.4 Å². The van der Waals surface area contributed by atoms with Gasteiger partial charge in [-0.2, -0.15) is 0 Å². The van der Waals surface area contributed by atoms with E-state index in [0.29, 0.717) is 6.61 Å². The lowest BCUT2D eigenvalue weighted by atomic mass is 9.96. The van der Waals surface area contributed by atoms with Crippen molar-refractivity contribution in [3.05, 3.63) is 78.2 Å². The molecule has 0 radical (unpaired) electrons. The van der Waals surface area contributed by atoms with E-state index < -0.39 is 0 Å². The molecule has 126 valence electrons. The zero-order valence-electron chi connectivity index (χ0n) is 13.9. The van der Waals surface area contributed by atoms with E-state index in [0.717, 1.165) is 30.9 Å². The molecule has 1 atom stereocenters. The molecular formula is C20H23NO3. The Hall–Kier alpha value is -2.46. The average molecular weight is 325 g/mol. The Labute approximate surface area is 143 Å². The number of hydrogen-bond donors (Lipinski definition) is 1. The van der Waals surface area contributed by atoms with Gasteiger partial charge in [0.1, 0.15) is 24.5 Å². The quantitative estimate of drug-likeness (QED) is 0.816. The number of allylic oxidation sites excluding steroid dienone is 3. The van der Waals surface area contributed by atoms with Crippen LogP contribution in [0.25, 0.3) is 0 Å². The van der Waals surface area contributed by atoms with Crippen LogP contribution in [0.5, 0.6) is 5.75 Å². The SMILES string of the molecule is CCOc1cccc(CNC(C2=CC=CCC2)C2=COC=CO2)c1. The highest BCUT2D eigenvalue weighted by Crippen LogP contribution is 2.24. The minimum Gasteiger partial charge on any atom is -0.494 e. The molecule has 24 heavy (non-hydrogen) atoms. The lowest BCUT2D eigenvalue weighted by Crippen LogP contribution is -2.34. The van der Waals surface area contributed by atoms with Gasteiger partial charge in [-0.05, 0) is 43.0 Å². The van der Waals surface area contributed by atoms with Gasteiger partial charge in [0.2, 0.25) is 0 Å². The summed E-state index contributed by atoms with van der Waals surface area (Å²) in [5.74, 6) is 1.67. The minimum atomic E-state index is -0.00403. The van der Waals surface area contributed by atoms with Crippen LogP contribution in [-0.4, -0.2) is 12.6 Å². The Bertz CT molecular complexity index is 673. The van der Waals surface area contributed by atoms with E-state index in [1.807, 2.05) is 19.1 Å². The van der Waals surface area contributed by atoms with Crippen molar-refractivity contribution in [3.63, 3.8) is 0 Å². The third kappa shape index (κ3) is 4.30. The highest BCUT2D eigenvalue weighted by Gasteiger charge is 2.22. The normalized spacial score (nSPS) is 17.4. The Morgan fingerprint density at radius 1 is 1.29 bits per heavy atom. The summed E-state index contributed by atoms with van der Waals surface area (Å²) in [7, 11) is 0. The fourth-order valence-electron chi connectivity index (χ4n) is 2.82. The predicted molar refractivity (Wildman–Crippen MR) is 94.1 cm³/mol. The van der Waals surface area contributed by atoms with Crippen LogP contribution in [0.2, 0.25) is 0 Å². The highest BCUT2D eigenvalue weighted by molar-refractivity contribution is 5.31. The third-order valence-electron chi connectivity index (χ3n) is 3.94. The van der Waals surface area contributed by atoms with E-state index in [2.05, 4.69) is 35.7 Å². The monoisotopic (exact) mass is 325 g/mol. The van der Waals surface area contributed by atoms with Crippen LogP contribution in [0.1, 0.15) is 25.3 Å². The van der Waals surface area contributed by atoms with Crippen molar-refractivity contribution >= 4 is 0 Å². The fourth-order valence-corrected chi connectivity index (χ4v) is 2.82. The maximum Gasteiger partial charge on any atom is 0.159 e. The molecule has 3 rings (SSSR count). The van der Waals surface area contributed by atoms with Crippen LogP contribution >= 0.6 is 0 Å². The van der Waals surface area contributed by atoms with E-state index in [9.17, 15) is 0 Å². The van der Waals surface area contributed by atoms with Gasteiger partial charge < -0.3 is 14.2 Å². The molecule has 1 N–H and O–H groups in total. The van der Waals surface area contributed by atoms with Gasteiger partial charge in [0.25, 0.3) is 0 Å². The highest BCUT2D eigenvalue weighted by atomic mass is 16.5. The summed E-state index contributed by atoms with van der Waals surface area (Å²) in [4.78, 5) is 0. The molecule has 1 aromatic rings. The van der Waals surface area contributed by atoms with Crippen LogP contribution in [0.15, 0.2) is 72.6 Å². The van der Waals surface area contributed by atoms with Gasteiger partial charge >= 0.3 is 0 Å². The molecule has 4 nitrogen and oxygen atoms in total. The van der Waals surface area contributed by atoms with E-state index in [1.165, 1.54) is 17.4 Å². The summed E-state index contributed by atoms with van der Waals surface area (Å²) in [6.45, 7) is 3.38. The summed E-state index contributed by atoms with van der Waals surface area (Å²) in [6.07, 6.45) is 13.3. The first kappa shape index (κ1) is 16.4. The number of hydrogen-bond acceptors (Lipinski definition) is 4. The number of ether oxygens (including phenoxy) is 3. The van der Waals surface area contributed by atoms with Crippen molar-refractivity contribution in [3.8, 4) is 5.75 Å². The van der Waals surface area contributed by atoms with Crippen LogP contribution in [0.3, 0.4) is 0 Å². The molecule has 0 saturated carbocycles. The topological polar surface area (TPSA) is 39.7 Å². The third-order valence-corrected chi connectivity index (χ3v) is 3.94. The van der Waals surface area contributed by atoms with Crippen LogP contribution < -0.4 is 10.1 Å². The van der Waals surface area contributed by atoms with E-state index >= 15 is 0 Å². The Morgan fingerprint density at radius 3 is 3.00 bits per heavy atom. The van der Waals surface area contributed by atoms with E-state index in [-0.39, 0.29) is 6.04 Å². The maximum absolute atomic E-state index is 5.65. The van der Waals surface area contributed by atoms with Gasteiger partial charge in [-0.15, -0.1) is 0 Å². The van der Waals surface area contributed by atoms with Crippen molar-refractivity contribution < 1.29 is 14.2 Å². The first-order valence-corrected chi connectivity index (χ1v) is 8.34. The summed E-state index contributed by atoms with van der Waals surface area (Å²) in [6, 6.07) is 8.14. The molecule has 1 aliphatic heterocycles. The van der Waals surface area contributed by atoms with Gasteiger partial charge in [0, 0.05) is 6.54 Å². The first-order valence-electron chi connectivity index (χ1n) is 8.34. The lowest BCUT2D eigenvalue weighted by molar-refractivity contribution is 0.232. The first-order chi connectivity index (χ1) is 11.9. The second-order valence-electron chi connectivity index (χ2n) is 5.65. The zero-order valence-corrected chi connectivity index (χ0v) is 13.9. The Kier molecular flexibility index (Phi) is 5.75. The molecule has 0 aromatic heterocycles. The predicted octanol–water partition coefficient (Wildman–Crippen LogP) is 4.18. The number of benzene rings is 1. The summed E-state index contributed by atoms with van der Waals surface area (Å²) in [5.41, 5.74) is 2.47. The van der Waals surface area contributed by atoms with E-state index in [1.54, 1.807) is 12.5 Å². The standard InChI is InChI=1S/C20H23NO3/c1-2-23-18-10-6-7-16(13-18)14-21-20(17-8-4-3-5-9-17)19-15-22-11-12-24-19/h3-4,6-8,10-13,15,20-21H,2,5,9,14H2,1H3. The van der Waals surface area contributed by atoms with Gasteiger partial charge in [-0.3, -0.25) is 5.32 Å². The molecule has 1 aliphatic carbocycles. The Morgan fingerprint density at radius 2 is 2.25 bits per heavy atom. The van der Waals surface area contributed by atoms with Crippen LogP contribution in [0, 0.1) is 0 Å². The van der Waals surface area contributed by atoms with Gasteiger partial charge in [-0.25, -0.2) is 0 Å². The maximum atomic E-state index is 5.65. The van der Waals surface area contributed by atoms with Crippen molar-refractivity contribution in [2.75, 3.05) is 6.61 Å². The molecule has 1 aromatic carbocycles. The molecule has 0 amide bonds. The second-order valence-corrected chi connectivity index (χ2v) is 5.65. The summed E-state index contributed by atoms with van der Waals surface area (Å²) < 4.78 is 16.5. The second kappa shape index (κ2) is 8.41. The smallest absolute Gasteiger partial charge is 0.159 e. The fraction of sp³-hybridized carbons (Fsp3) is 0.300. The number of rotatable bonds is 7. The molecule has 0 bridgehead atoms. The number of nitrogens with one attached hydrogen (secondary N) is 1. The van der Waals surface area contributed by atoms with Crippen molar-refractivity contribution in [1.82, 2.24) is 5.32 Å².